The maximum absolute atomic E-state index is 12.6. The van der Waals surface area contributed by atoms with E-state index in [1.165, 1.54) is 5.01 Å². The topological polar surface area (TPSA) is 99.4 Å². The van der Waals surface area contributed by atoms with Gasteiger partial charge in [-0.3, -0.25) is 9.59 Å². The number of methoxy groups -OCH3 is 1. The number of para-hydroxylation sites is 1. The summed E-state index contributed by atoms with van der Waals surface area (Å²) in [5, 5.41) is 24.8. The van der Waals surface area contributed by atoms with Crippen molar-refractivity contribution in [3.05, 3.63) is 59.7 Å². The Bertz CT molecular complexity index is 876. The van der Waals surface area contributed by atoms with Crippen LogP contribution < -0.4 is 4.74 Å². The van der Waals surface area contributed by atoms with Crippen molar-refractivity contribution in [1.82, 2.24) is 5.01 Å². The van der Waals surface area contributed by atoms with Crippen molar-refractivity contribution in [3.63, 3.8) is 0 Å². The number of aromatic hydroxyl groups is 1. The summed E-state index contributed by atoms with van der Waals surface area (Å²) < 4.78 is 5.16. The van der Waals surface area contributed by atoms with Crippen LogP contribution in [0.4, 0.5) is 0 Å². The Labute approximate surface area is 156 Å². The normalized spacial score (nSPS) is 16.1. The molecule has 7 nitrogen and oxygen atoms in total. The van der Waals surface area contributed by atoms with E-state index < -0.39 is 17.9 Å². The van der Waals surface area contributed by atoms with Gasteiger partial charge in [-0.15, -0.1) is 0 Å². The van der Waals surface area contributed by atoms with E-state index in [4.69, 9.17) is 9.84 Å². The van der Waals surface area contributed by atoms with E-state index in [1.54, 1.807) is 31.4 Å². The second-order valence-electron chi connectivity index (χ2n) is 6.19. The van der Waals surface area contributed by atoms with E-state index in [0.29, 0.717) is 23.4 Å². The first kappa shape index (κ1) is 18.4. The molecule has 1 heterocycles. The first-order chi connectivity index (χ1) is 13.0. The average molecular weight is 368 g/mol. The van der Waals surface area contributed by atoms with Gasteiger partial charge >= 0.3 is 5.97 Å². The molecule has 0 bridgehead atoms. The van der Waals surface area contributed by atoms with Crippen LogP contribution in [0.3, 0.4) is 0 Å². The van der Waals surface area contributed by atoms with Crippen molar-refractivity contribution in [3.8, 4) is 11.5 Å². The number of carbonyl (C=O) groups is 2. The lowest BCUT2D eigenvalue weighted by Crippen LogP contribution is -2.27. The van der Waals surface area contributed by atoms with E-state index in [-0.39, 0.29) is 18.6 Å². The number of phenols is 1. The van der Waals surface area contributed by atoms with Crippen LogP contribution in [0, 0.1) is 0 Å². The Morgan fingerprint density at radius 2 is 1.85 bits per heavy atom. The fourth-order valence-electron chi connectivity index (χ4n) is 3.04. The molecule has 7 heteroatoms. The van der Waals surface area contributed by atoms with Crippen molar-refractivity contribution in [2.45, 2.75) is 25.3 Å². The molecular weight excluding hydrogens is 348 g/mol. The van der Waals surface area contributed by atoms with Gasteiger partial charge in [0.05, 0.1) is 25.3 Å². The van der Waals surface area contributed by atoms with Gasteiger partial charge in [0.1, 0.15) is 11.5 Å². The molecule has 0 saturated heterocycles. The lowest BCUT2D eigenvalue weighted by Gasteiger charge is -2.22. The van der Waals surface area contributed by atoms with E-state index in [2.05, 4.69) is 5.10 Å². The van der Waals surface area contributed by atoms with Crippen LogP contribution in [0.2, 0.25) is 0 Å². The summed E-state index contributed by atoms with van der Waals surface area (Å²) in [7, 11) is 1.58. The van der Waals surface area contributed by atoms with Crippen molar-refractivity contribution in [1.29, 1.82) is 0 Å². The number of nitrogens with zero attached hydrogens (tertiary/aromatic N) is 2. The zero-order valence-corrected chi connectivity index (χ0v) is 14.8. The molecule has 0 aromatic heterocycles. The molecule has 2 N–H and O–H groups in total. The zero-order valence-electron chi connectivity index (χ0n) is 14.8. The molecular formula is C20H20N2O5. The van der Waals surface area contributed by atoms with Gasteiger partial charge in [-0.1, -0.05) is 18.2 Å². The first-order valence-corrected chi connectivity index (χ1v) is 8.53. The molecule has 1 aliphatic rings. The number of hydrogen-bond donors (Lipinski definition) is 2. The number of benzene rings is 2. The number of hydrazone groups is 1. The molecule has 1 amide bonds. The van der Waals surface area contributed by atoms with Gasteiger partial charge in [-0.25, -0.2) is 5.01 Å². The van der Waals surface area contributed by atoms with Gasteiger partial charge in [-0.2, -0.15) is 5.10 Å². The highest BCUT2D eigenvalue weighted by molar-refractivity contribution is 6.03. The smallest absolute Gasteiger partial charge is 0.303 e. The summed E-state index contributed by atoms with van der Waals surface area (Å²) in [4.78, 5) is 23.4. The summed E-state index contributed by atoms with van der Waals surface area (Å²) >= 11 is 0. The molecule has 1 aliphatic heterocycles. The number of aliphatic carboxylic acids is 1. The average Bonchev–Trinajstić information content (AvgIpc) is 3.11. The second kappa shape index (κ2) is 7.90. The van der Waals surface area contributed by atoms with Gasteiger partial charge < -0.3 is 14.9 Å². The molecule has 2 aromatic rings. The standard InChI is InChI=1S/C20H20N2O5/c1-27-14-8-6-13(7-9-14)16-12-17(15-4-2-3-5-18(15)23)22(21-16)19(24)10-11-20(25)26/h2-9,17,23H,10-12H2,1H3,(H,25,26)/t17-/m1/s1. The number of ether oxygens (including phenoxy) is 1. The number of rotatable bonds is 6. The molecule has 1 atom stereocenters. The molecule has 2 aromatic carbocycles. The van der Waals surface area contributed by atoms with Crippen LogP contribution in [-0.4, -0.2) is 39.9 Å². The Balaban J connectivity index is 1.91. The third-order valence-electron chi connectivity index (χ3n) is 4.44. The minimum Gasteiger partial charge on any atom is -0.508 e. The monoisotopic (exact) mass is 368 g/mol. The zero-order chi connectivity index (χ0) is 19.4. The van der Waals surface area contributed by atoms with Crippen LogP contribution in [0.1, 0.15) is 36.4 Å². The fourth-order valence-corrected chi connectivity index (χ4v) is 3.04. The molecule has 0 radical (unpaired) electrons. The number of phenolic OH excluding ortho intramolecular Hbond substituents is 1. The SMILES string of the molecule is COc1ccc(C2=NN(C(=O)CCC(=O)O)[C@@H](c3ccccc3O)C2)cc1. The van der Waals surface area contributed by atoms with Gasteiger partial charge in [0.15, 0.2) is 0 Å². The van der Waals surface area contributed by atoms with Gasteiger partial charge in [-0.05, 0) is 35.9 Å². The molecule has 27 heavy (non-hydrogen) atoms. The molecule has 0 aliphatic carbocycles. The third kappa shape index (κ3) is 4.08. The highest BCUT2D eigenvalue weighted by atomic mass is 16.5. The van der Waals surface area contributed by atoms with Crippen molar-refractivity contribution in [2.24, 2.45) is 5.10 Å². The number of hydrogen-bond acceptors (Lipinski definition) is 5. The van der Waals surface area contributed by atoms with Crippen LogP contribution >= 0.6 is 0 Å². The molecule has 0 unspecified atom stereocenters. The molecule has 0 spiro atoms. The van der Waals surface area contributed by atoms with Crippen LogP contribution in [0.5, 0.6) is 11.5 Å². The molecule has 140 valence electrons. The first-order valence-electron chi connectivity index (χ1n) is 8.53. The number of amides is 1. The second-order valence-corrected chi connectivity index (χ2v) is 6.19. The quantitative estimate of drug-likeness (QED) is 0.817. The third-order valence-corrected chi connectivity index (χ3v) is 4.44. The number of carboxylic acid groups (broad SMARTS) is 1. The summed E-state index contributed by atoms with van der Waals surface area (Å²) in [6.45, 7) is 0. The van der Waals surface area contributed by atoms with Crippen molar-refractivity contribution >= 4 is 17.6 Å². The number of carbonyl (C=O) groups excluding carboxylic acids is 1. The van der Waals surface area contributed by atoms with Crippen LogP contribution in [-0.2, 0) is 9.59 Å². The maximum atomic E-state index is 12.6. The van der Waals surface area contributed by atoms with E-state index >= 15 is 0 Å². The largest absolute Gasteiger partial charge is 0.508 e. The highest BCUT2D eigenvalue weighted by Crippen LogP contribution is 2.37. The minimum atomic E-state index is -1.04. The van der Waals surface area contributed by atoms with E-state index in [1.807, 2.05) is 24.3 Å². The highest BCUT2D eigenvalue weighted by Gasteiger charge is 2.34. The molecule has 0 saturated carbocycles. The van der Waals surface area contributed by atoms with Gasteiger partial charge in [0.2, 0.25) is 5.91 Å². The predicted molar refractivity (Wildman–Crippen MR) is 98.7 cm³/mol. The van der Waals surface area contributed by atoms with Crippen molar-refractivity contribution in [2.75, 3.05) is 7.11 Å². The summed E-state index contributed by atoms with van der Waals surface area (Å²) in [6, 6.07) is 13.6. The van der Waals surface area contributed by atoms with E-state index in [0.717, 1.165) is 5.56 Å². The Kier molecular flexibility index (Phi) is 5.40. The number of carboxylic acids is 1. The summed E-state index contributed by atoms with van der Waals surface area (Å²) in [5.41, 5.74) is 2.10. The molecule has 0 fully saturated rings. The summed E-state index contributed by atoms with van der Waals surface area (Å²) in [6.07, 6.45) is -0.00223. The lowest BCUT2D eigenvalue weighted by atomic mass is 9.97. The van der Waals surface area contributed by atoms with Gasteiger partial charge in [0, 0.05) is 18.4 Å². The fraction of sp³-hybridized carbons (Fsp3) is 0.250. The lowest BCUT2D eigenvalue weighted by molar-refractivity contribution is -0.141. The predicted octanol–water partition coefficient (Wildman–Crippen LogP) is 2.94. The Morgan fingerprint density at radius 3 is 2.48 bits per heavy atom. The Morgan fingerprint density at radius 1 is 1.15 bits per heavy atom. The van der Waals surface area contributed by atoms with E-state index in [9.17, 15) is 14.7 Å². The van der Waals surface area contributed by atoms with Crippen LogP contribution in [0.15, 0.2) is 53.6 Å². The minimum absolute atomic E-state index is 0.0738. The maximum Gasteiger partial charge on any atom is 0.303 e. The Hall–Kier alpha value is -3.35. The summed E-state index contributed by atoms with van der Waals surface area (Å²) in [5.74, 6) is -0.649. The van der Waals surface area contributed by atoms with Crippen molar-refractivity contribution < 1.29 is 24.5 Å². The van der Waals surface area contributed by atoms with Crippen LogP contribution in [0.25, 0.3) is 0 Å². The van der Waals surface area contributed by atoms with Gasteiger partial charge in [0.25, 0.3) is 0 Å². The molecule has 3 rings (SSSR count).